The van der Waals surface area contributed by atoms with Gasteiger partial charge in [0.15, 0.2) is 4.34 Å². The maximum absolute atomic E-state index is 5.37. The first-order valence-electron chi connectivity index (χ1n) is 6.28. The molecule has 112 valence electrons. The van der Waals surface area contributed by atoms with Crippen LogP contribution in [0.1, 0.15) is 5.56 Å². The molecule has 21 heavy (non-hydrogen) atoms. The fourth-order valence-corrected chi connectivity index (χ4v) is 3.37. The van der Waals surface area contributed by atoms with Gasteiger partial charge in [-0.15, -0.1) is 16.8 Å². The van der Waals surface area contributed by atoms with Crippen molar-refractivity contribution in [3.8, 4) is 11.5 Å². The van der Waals surface area contributed by atoms with Crippen LogP contribution in [-0.2, 0) is 5.75 Å². The van der Waals surface area contributed by atoms with Crippen LogP contribution in [0.25, 0.3) is 0 Å². The summed E-state index contributed by atoms with van der Waals surface area (Å²) in [4.78, 5) is 0. The van der Waals surface area contributed by atoms with Gasteiger partial charge in [-0.3, -0.25) is 0 Å². The Labute approximate surface area is 132 Å². The summed E-state index contributed by atoms with van der Waals surface area (Å²) in [5.74, 6) is 2.41. The molecule has 0 aliphatic heterocycles. The van der Waals surface area contributed by atoms with E-state index in [0.29, 0.717) is 6.54 Å². The number of benzene rings is 1. The lowest BCUT2D eigenvalue weighted by molar-refractivity contribution is 0.400. The highest BCUT2D eigenvalue weighted by Gasteiger charge is 2.09. The highest BCUT2D eigenvalue weighted by atomic mass is 32.2. The van der Waals surface area contributed by atoms with Crippen molar-refractivity contribution < 1.29 is 9.47 Å². The monoisotopic (exact) mass is 323 g/mol. The van der Waals surface area contributed by atoms with E-state index in [1.54, 1.807) is 32.1 Å². The van der Waals surface area contributed by atoms with Gasteiger partial charge in [-0.1, -0.05) is 29.2 Å². The van der Waals surface area contributed by atoms with E-state index < -0.39 is 0 Å². The van der Waals surface area contributed by atoms with Crippen LogP contribution < -0.4 is 14.8 Å². The molecule has 5 nitrogen and oxygen atoms in total. The quantitative estimate of drug-likeness (QED) is 0.593. The van der Waals surface area contributed by atoms with E-state index in [-0.39, 0.29) is 0 Å². The number of aromatic nitrogens is 2. The fourth-order valence-electron chi connectivity index (χ4n) is 1.63. The average Bonchev–Trinajstić information content (AvgIpc) is 2.98. The highest BCUT2D eigenvalue weighted by Crippen LogP contribution is 2.32. The minimum absolute atomic E-state index is 0.684. The number of thioether (sulfide) groups is 1. The van der Waals surface area contributed by atoms with Gasteiger partial charge in [0.1, 0.15) is 11.5 Å². The third-order valence-corrected chi connectivity index (χ3v) is 4.71. The molecule has 0 spiro atoms. The third kappa shape index (κ3) is 4.37. The number of anilines is 1. The van der Waals surface area contributed by atoms with Gasteiger partial charge >= 0.3 is 0 Å². The predicted molar refractivity (Wildman–Crippen MR) is 87.7 cm³/mol. The van der Waals surface area contributed by atoms with Gasteiger partial charge in [0, 0.05) is 17.9 Å². The average molecular weight is 323 g/mol. The van der Waals surface area contributed by atoms with Crippen molar-refractivity contribution in [3.05, 3.63) is 36.4 Å². The van der Waals surface area contributed by atoms with E-state index in [1.165, 1.54) is 11.3 Å². The zero-order chi connectivity index (χ0) is 15.1. The molecule has 0 atom stereocenters. The molecule has 1 heterocycles. The Morgan fingerprint density at radius 2 is 2.19 bits per heavy atom. The normalized spacial score (nSPS) is 10.2. The number of hydrogen-bond acceptors (Lipinski definition) is 7. The maximum Gasteiger partial charge on any atom is 0.206 e. The second-order valence-electron chi connectivity index (χ2n) is 4.01. The number of hydrogen-bond donors (Lipinski definition) is 1. The molecule has 0 bridgehead atoms. The Hall–Kier alpha value is -1.73. The summed E-state index contributed by atoms with van der Waals surface area (Å²) >= 11 is 3.15. The lowest BCUT2D eigenvalue weighted by Crippen LogP contribution is -1.96. The largest absolute Gasteiger partial charge is 0.497 e. The first-order chi connectivity index (χ1) is 10.3. The lowest BCUT2D eigenvalue weighted by Gasteiger charge is -2.09. The standard InChI is InChI=1S/C14H17N3O2S2/c1-4-7-15-13-16-17-14(21-13)20-9-10-8-11(18-2)5-6-12(10)19-3/h4-6,8H,1,7,9H2,2-3H3,(H,15,16). The number of ether oxygens (including phenoxy) is 2. The smallest absolute Gasteiger partial charge is 0.206 e. The van der Waals surface area contributed by atoms with Crippen LogP contribution >= 0.6 is 23.1 Å². The van der Waals surface area contributed by atoms with E-state index in [9.17, 15) is 0 Å². The van der Waals surface area contributed by atoms with Gasteiger partial charge in [0.05, 0.1) is 14.2 Å². The molecule has 7 heteroatoms. The molecule has 0 radical (unpaired) electrons. The highest BCUT2D eigenvalue weighted by molar-refractivity contribution is 8.00. The Morgan fingerprint density at radius 1 is 1.33 bits per heavy atom. The lowest BCUT2D eigenvalue weighted by atomic mass is 10.2. The fraction of sp³-hybridized carbons (Fsp3) is 0.286. The molecule has 0 unspecified atom stereocenters. The molecule has 0 saturated heterocycles. The zero-order valence-electron chi connectivity index (χ0n) is 12.0. The van der Waals surface area contributed by atoms with Crippen molar-refractivity contribution >= 4 is 28.2 Å². The van der Waals surface area contributed by atoms with Crippen molar-refractivity contribution in [2.45, 2.75) is 10.1 Å². The number of rotatable bonds is 8. The second kappa shape index (κ2) is 7.90. The van der Waals surface area contributed by atoms with Crippen molar-refractivity contribution in [1.29, 1.82) is 0 Å². The van der Waals surface area contributed by atoms with E-state index in [0.717, 1.165) is 32.3 Å². The maximum atomic E-state index is 5.37. The van der Waals surface area contributed by atoms with Crippen LogP contribution in [0.5, 0.6) is 11.5 Å². The molecule has 0 fully saturated rings. The molecule has 0 aliphatic carbocycles. The Kier molecular flexibility index (Phi) is 5.89. The van der Waals surface area contributed by atoms with Gasteiger partial charge in [-0.25, -0.2) is 0 Å². The summed E-state index contributed by atoms with van der Waals surface area (Å²) in [5, 5.41) is 12.1. The van der Waals surface area contributed by atoms with E-state index >= 15 is 0 Å². The van der Waals surface area contributed by atoms with E-state index in [4.69, 9.17) is 9.47 Å². The molecular formula is C14H17N3O2S2. The van der Waals surface area contributed by atoms with E-state index in [1.807, 2.05) is 18.2 Å². The van der Waals surface area contributed by atoms with Crippen LogP contribution in [0.4, 0.5) is 5.13 Å². The van der Waals surface area contributed by atoms with Crippen LogP contribution in [0.3, 0.4) is 0 Å². The molecule has 0 aliphatic rings. The van der Waals surface area contributed by atoms with E-state index in [2.05, 4.69) is 22.1 Å². The Bertz CT molecular complexity index is 602. The molecule has 0 amide bonds. The minimum atomic E-state index is 0.684. The number of methoxy groups -OCH3 is 2. The first-order valence-corrected chi connectivity index (χ1v) is 8.09. The molecule has 2 aromatic rings. The van der Waals surface area contributed by atoms with Crippen LogP contribution in [0, 0.1) is 0 Å². The van der Waals surface area contributed by atoms with Gasteiger partial charge < -0.3 is 14.8 Å². The van der Waals surface area contributed by atoms with Gasteiger partial charge in [-0.05, 0) is 18.2 Å². The molecule has 1 aromatic carbocycles. The van der Waals surface area contributed by atoms with Crippen molar-refractivity contribution in [2.24, 2.45) is 0 Å². The molecular weight excluding hydrogens is 306 g/mol. The Morgan fingerprint density at radius 3 is 2.90 bits per heavy atom. The number of nitrogens with one attached hydrogen (secondary N) is 1. The summed E-state index contributed by atoms with van der Waals surface area (Å²) in [6.07, 6.45) is 1.79. The Balaban J connectivity index is 2.01. The molecule has 1 N–H and O–H groups in total. The van der Waals surface area contributed by atoms with Crippen LogP contribution in [0.15, 0.2) is 35.2 Å². The third-order valence-electron chi connectivity index (χ3n) is 2.64. The zero-order valence-corrected chi connectivity index (χ0v) is 13.6. The molecule has 2 rings (SSSR count). The summed E-state index contributed by atoms with van der Waals surface area (Å²) in [7, 11) is 3.32. The second-order valence-corrected chi connectivity index (χ2v) is 6.21. The van der Waals surface area contributed by atoms with Crippen molar-refractivity contribution in [1.82, 2.24) is 10.2 Å². The molecule has 1 aromatic heterocycles. The summed E-state index contributed by atoms with van der Waals surface area (Å²) in [6.45, 7) is 4.34. The first kappa shape index (κ1) is 15.7. The van der Waals surface area contributed by atoms with Crippen molar-refractivity contribution in [2.75, 3.05) is 26.1 Å². The summed E-state index contributed by atoms with van der Waals surface area (Å²) < 4.78 is 11.5. The van der Waals surface area contributed by atoms with Gasteiger partial charge in [0.2, 0.25) is 5.13 Å². The van der Waals surface area contributed by atoms with Crippen molar-refractivity contribution in [3.63, 3.8) is 0 Å². The SMILES string of the molecule is C=CCNc1nnc(SCc2cc(OC)ccc2OC)s1. The summed E-state index contributed by atoms with van der Waals surface area (Å²) in [5.41, 5.74) is 1.07. The molecule has 0 saturated carbocycles. The topological polar surface area (TPSA) is 56.3 Å². The predicted octanol–water partition coefficient (Wildman–Crippen LogP) is 3.45. The van der Waals surface area contributed by atoms with Crippen LogP contribution in [-0.4, -0.2) is 31.0 Å². The number of nitrogens with zero attached hydrogens (tertiary/aromatic N) is 2. The van der Waals surface area contributed by atoms with Gasteiger partial charge in [-0.2, -0.15) is 0 Å². The van der Waals surface area contributed by atoms with Gasteiger partial charge in [0.25, 0.3) is 0 Å². The minimum Gasteiger partial charge on any atom is -0.497 e. The van der Waals surface area contributed by atoms with Crippen LogP contribution in [0.2, 0.25) is 0 Å². The summed E-state index contributed by atoms with van der Waals surface area (Å²) in [6, 6.07) is 5.77.